The average Bonchev–Trinajstić information content (AvgIpc) is 2.89. The van der Waals surface area contributed by atoms with Crippen molar-refractivity contribution in [2.45, 2.75) is 58.0 Å². The van der Waals surface area contributed by atoms with E-state index in [1.165, 1.54) is 36.8 Å². The van der Waals surface area contributed by atoms with E-state index < -0.39 is 0 Å². The second-order valence-corrected chi connectivity index (χ2v) is 6.11. The highest BCUT2D eigenvalue weighted by atomic mass is 35.5. The Morgan fingerprint density at radius 3 is 2.58 bits per heavy atom. The van der Waals surface area contributed by atoms with Crippen molar-refractivity contribution < 1.29 is 4.74 Å². The summed E-state index contributed by atoms with van der Waals surface area (Å²) in [6, 6.07) is 4.82. The Balaban J connectivity index is 2.14. The maximum atomic E-state index is 6.25. The molecule has 19 heavy (non-hydrogen) atoms. The highest BCUT2D eigenvalue weighted by Gasteiger charge is 2.16. The standard InChI is InChI=1S/C16H24ClNO/c1-11(2)14-9-16(19-3)15(17)8-12(14)10-18-13-6-4-5-7-13/h8-9,11,13,18H,4-7,10H2,1-3H3. The van der Waals surface area contributed by atoms with Gasteiger partial charge in [-0.25, -0.2) is 0 Å². The fraction of sp³-hybridized carbons (Fsp3) is 0.625. The monoisotopic (exact) mass is 281 g/mol. The van der Waals surface area contributed by atoms with Crippen LogP contribution in [0.3, 0.4) is 0 Å². The molecule has 0 radical (unpaired) electrons. The minimum absolute atomic E-state index is 0.478. The van der Waals surface area contributed by atoms with Crippen LogP contribution in [-0.4, -0.2) is 13.2 Å². The molecule has 1 aliphatic carbocycles. The van der Waals surface area contributed by atoms with Gasteiger partial charge in [0.25, 0.3) is 0 Å². The topological polar surface area (TPSA) is 21.3 Å². The van der Waals surface area contributed by atoms with Crippen LogP contribution in [0, 0.1) is 0 Å². The summed E-state index contributed by atoms with van der Waals surface area (Å²) in [5.74, 6) is 1.25. The van der Waals surface area contributed by atoms with Crippen LogP contribution in [0.5, 0.6) is 5.75 Å². The molecule has 2 nitrogen and oxygen atoms in total. The van der Waals surface area contributed by atoms with E-state index in [1.807, 2.05) is 0 Å². The lowest BCUT2D eigenvalue weighted by atomic mass is 9.96. The second kappa shape index (κ2) is 6.62. The van der Waals surface area contributed by atoms with Gasteiger partial charge in [0.1, 0.15) is 5.75 Å². The van der Waals surface area contributed by atoms with Crippen LogP contribution < -0.4 is 10.1 Å². The predicted octanol–water partition coefficient (Wildman–Crippen LogP) is 4.50. The van der Waals surface area contributed by atoms with E-state index >= 15 is 0 Å². The second-order valence-electron chi connectivity index (χ2n) is 5.70. The minimum Gasteiger partial charge on any atom is -0.495 e. The van der Waals surface area contributed by atoms with Gasteiger partial charge in [-0.05, 0) is 42.0 Å². The molecule has 1 aliphatic rings. The lowest BCUT2D eigenvalue weighted by Gasteiger charge is -2.18. The third-order valence-corrected chi connectivity index (χ3v) is 4.27. The summed E-state index contributed by atoms with van der Waals surface area (Å²) in [7, 11) is 1.67. The van der Waals surface area contributed by atoms with Crippen LogP contribution in [0.4, 0.5) is 0 Å². The van der Waals surface area contributed by atoms with E-state index in [-0.39, 0.29) is 0 Å². The van der Waals surface area contributed by atoms with Crippen molar-refractivity contribution in [1.82, 2.24) is 5.32 Å². The molecule has 106 valence electrons. The number of methoxy groups -OCH3 is 1. The third-order valence-electron chi connectivity index (χ3n) is 3.97. The summed E-state index contributed by atoms with van der Waals surface area (Å²) in [6.45, 7) is 5.32. The summed E-state index contributed by atoms with van der Waals surface area (Å²) in [6.07, 6.45) is 5.33. The highest BCUT2D eigenvalue weighted by molar-refractivity contribution is 6.32. The number of halogens is 1. The van der Waals surface area contributed by atoms with E-state index in [1.54, 1.807) is 7.11 Å². The highest BCUT2D eigenvalue weighted by Crippen LogP contribution is 2.32. The molecule has 0 saturated heterocycles. The molecular weight excluding hydrogens is 258 g/mol. The zero-order chi connectivity index (χ0) is 13.8. The molecule has 0 aromatic heterocycles. The summed E-state index contributed by atoms with van der Waals surface area (Å²) in [5, 5.41) is 4.36. The van der Waals surface area contributed by atoms with Gasteiger partial charge in [-0.15, -0.1) is 0 Å². The lowest BCUT2D eigenvalue weighted by Crippen LogP contribution is -2.26. The molecule has 0 heterocycles. The van der Waals surface area contributed by atoms with Crippen molar-refractivity contribution in [3.8, 4) is 5.75 Å². The van der Waals surface area contributed by atoms with Crippen LogP contribution in [0.25, 0.3) is 0 Å². The Labute approximate surface area is 121 Å². The van der Waals surface area contributed by atoms with E-state index in [0.717, 1.165) is 12.3 Å². The Bertz CT molecular complexity index is 425. The lowest BCUT2D eigenvalue weighted by molar-refractivity contribution is 0.413. The molecule has 0 aliphatic heterocycles. The Hall–Kier alpha value is -0.730. The minimum atomic E-state index is 0.478. The Morgan fingerprint density at radius 2 is 2.00 bits per heavy atom. The summed E-state index contributed by atoms with van der Waals surface area (Å²) < 4.78 is 5.32. The summed E-state index contributed by atoms with van der Waals surface area (Å²) in [5.41, 5.74) is 2.62. The first-order valence-electron chi connectivity index (χ1n) is 7.21. The zero-order valence-corrected chi connectivity index (χ0v) is 12.9. The fourth-order valence-corrected chi connectivity index (χ4v) is 3.10. The first-order chi connectivity index (χ1) is 9.11. The van der Waals surface area contributed by atoms with E-state index in [0.29, 0.717) is 17.0 Å². The number of hydrogen-bond acceptors (Lipinski definition) is 2. The van der Waals surface area contributed by atoms with E-state index in [2.05, 4.69) is 31.3 Å². The molecule has 0 amide bonds. The van der Waals surface area contributed by atoms with Crippen LogP contribution in [-0.2, 0) is 6.54 Å². The maximum absolute atomic E-state index is 6.25. The molecule has 0 unspecified atom stereocenters. The van der Waals surface area contributed by atoms with Gasteiger partial charge in [0.15, 0.2) is 0 Å². The molecule has 0 atom stereocenters. The molecule has 1 aromatic carbocycles. The van der Waals surface area contributed by atoms with Gasteiger partial charge < -0.3 is 10.1 Å². The summed E-state index contributed by atoms with van der Waals surface area (Å²) >= 11 is 6.25. The molecule has 1 aromatic rings. The number of rotatable bonds is 5. The molecule has 1 saturated carbocycles. The fourth-order valence-electron chi connectivity index (χ4n) is 2.84. The van der Waals surface area contributed by atoms with Gasteiger partial charge in [-0.2, -0.15) is 0 Å². The van der Waals surface area contributed by atoms with Crippen molar-refractivity contribution in [3.63, 3.8) is 0 Å². The molecule has 3 heteroatoms. The van der Waals surface area contributed by atoms with Crippen molar-refractivity contribution in [3.05, 3.63) is 28.3 Å². The Morgan fingerprint density at radius 1 is 1.32 bits per heavy atom. The van der Waals surface area contributed by atoms with Crippen molar-refractivity contribution in [1.29, 1.82) is 0 Å². The van der Waals surface area contributed by atoms with Crippen LogP contribution >= 0.6 is 11.6 Å². The first-order valence-corrected chi connectivity index (χ1v) is 7.59. The van der Waals surface area contributed by atoms with Crippen LogP contribution in [0.1, 0.15) is 56.6 Å². The van der Waals surface area contributed by atoms with Gasteiger partial charge in [0.2, 0.25) is 0 Å². The number of nitrogens with one attached hydrogen (secondary N) is 1. The van der Waals surface area contributed by atoms with Crippen molar-refractivity contribution >= 4 is 11.6 Å². The third kappa shape index (κ3) is 3.64. The van der Waals surface area contributed by atoms with Gasteiger partial charge in [0, 0.05) is 12.6 Å². The molecule has 1 fully saturated rings. The number of ether oxygens (including phenoxy) is 1. The van der Waals surface area contributed by atoms with Crippen molar-refractivity contribution in [2.75, 3.05) is 7.11 Å². The SMILES string of the molecule is COc1cc(C(C)C)c(CNC2CCCC2)cc1Cl. The Kier molecular flexibility index (Phi) is 5.12. The quantitative estimate of drug-likeness (QED) is 0.858. The molecule has 0 bridgehead atoms. The molecular formula is C16H24ClNO. The zero-order valence-electron chi connectivity index (χ0n) is 12.1. The van der Waals surface area contributed by atoms with Gasteiger partial charge >= 0.3 is 0 Å². The summed E-state index contributed by atoms with van der Waals surface area (Å²) in [4.78, 5) is 0. The predicted molar refractivity (Wildman–Crippen MR) is 81.2 cm³/mol. The van der Waals surface area contributed by atoms with E-state index in [9.17, 15) is 0 Å². The van der Waals surface area contributed by atoms with E-state index in [4.69, 9.17) is 16.3 Å². The van der Waals surface area contributed by atoms with Gasteiger partial charge in [0.05, 0.1) is 12.1 Å². The van der Waals surface area contributed by atoms with Crippen molar-refractivity contribution in [2.24, 2.45) is 0 Å². The molecule has 1 N–H and O–H groups in total. The molecule has 2 rings (SSSR count). The molecule has 0 spiro atoms. The van der Waals surface area contributed by atoms with Crippen LogP contribution in [0.2, 0.25) is 5.02 Å². The normalized spacial score (nSPS) is 16.3. The van der Waals surface area contributed by atoms with Gasteiger partial charge in [-0.3, -0.25) is 0 Å². The van der Waals surface area contributed by atoms with Crippen LogP contribution in [0.15, 0.2) is 12.1 Å². The first kappa shape index (κ1) is 14.7. The van der Waals surface area contributed by atoms with Gasteiger partial charge in [-0.1, -0.05) is 38.3 Å². The number of benzene rings is 1. The smallest absolute Gasteiger partial charge is 0.137 e. The maximum Gasteiger partial charge on any atom is 0.137 e. The average molecular weight is 282 g/mol. The number of hydrogen-bond donors (Lipinski definition) is 1. The largest absolute Gasteiger partial charge is 0.495 e.